The van der Waals surface area contributed by atoms with Crippen molar-refractivity contribution in [2.45, 2.75) is 38.1 Å². The Labute approximate surface area is 158 Å². The molecular formula is C22H23N3O2. The number of amides is 1. The molecule has 1 aliphatic carbocycles. The highest BCUT2D eigenvalue weighted by Gasteiger charge is 2.42. The lowest BCUT2D eigenvalue weighted by atomic mass is 9.86. The van der Waals surface area contributed by atoms with Gasteiger partial charge in [0.05, 0.1) is 24.5 Å². The summed E-state index contributed by atoms with van der Waals surface area (Å²) in [5, 5.41) is 0. The number of aromatic nitrogens is 2. The van der Waals surface area contributed by atoms with Crippen LogP contribution in [-0.4, -0.2) is 40.5 Å². The minimum absolute atomic E-state index is 0.124. The van der Waals surface area contributed by atoms with Crippen molar-refractivity contribution in [1.29, 1.82) is 0 Å². The van der Waals surface area contributed by atoms with Gasteiger partial charge in [0.25, 0.3) is 5.91 Å². The third-order valence-electron chi connectivity index (χ3n) is 6.28. The van der Waals surface area contributed by atoms with Crippen LogP contribution in [0.3, 0.4) is 0 Å². The molecule has 1 fully saturated rings. The minimum Gasteiger partial charge on any atom is -0.496 e. The Bertz CT molecular complexity index is 1040. The van der Waals surface area contributed by atoms with Gasteiger partial charge in [-0.1, -0.05) is 6.07 Å². The third-order valence-corrected chi connectivity index (χ3v) is 6.28. The van der Waals surface area contributed by atoms with E-state index in [9.17, 15) is 4.79 Å². The number of likely N-dealkylation sites (tertiary alicyclic amines) is 1. The number of aromatic amines is 1. The molecule has 2 aliphatic rings. The molecule has 3 aromatic rings. The SMILES string of the molecule is COc1ccc2c(c1C)[C@H]1CCCN(C(=O)c3ccc4nc[nH]c4c3)[C@H]1C2. The molecule has 5 heteroatoms. The van der Waals surface area contributed by atoms with E-state index in [-0.39, 0.29) is 11.9 Å². The predicted octanol–water partition coefficient (Wildman–Crippen LogP) is 3.82. The Kier molecular flexibility index (Phi) is 3.71. The standard InChI is InChI=1S/C22H23N3O2/c1-13-20(27-2)8-6-14-11-19-16(21(13)14)4-3-9-25(19)22(26)15-5-7-17-18(10-15)24-12-23-17/h5-8,10,12,16,19H,3-4,9,11H2,1-2H3,(H,23,24)/t16-,19-/m0/s1. The van der Waals surface area contributed by atoms with Gasteiger partial charge in [-0.15, -0.1) is 0 Å². The molecule has 1 N–H and O–H groups in total. The number of methoxy groups -OCH3 is 1. The summed E-state index contributed by atoms with van der Waals surface area (Å²) in [5.41, 5.74) is 6.53. The highest BCUT2D eigenvalue weighted by atomic mass is 16.5. The Morgan fingerprint density at radius 3 is 3.04 bits per heavy atom. The summed E-state index contributed by atoms with van der Waals surface area (Å²) in [4.78, 5) is 22.8. The molecule has 0 unspecified atom stereocenters. The molecule has 1 aromatic heterocycles. The second kappa shape index (κ2) is 6.12. The number of rotatable bonds is 2. The van der Waals surface area contributed by atoms with Crippen LogP contribution in [0.2, 0.25) is 0 Å². The van der Waals surface area contributed by atoms with Crippen LogP contribution in [0, 0.1) is 6.92 Å². The number of hydrogen-bond donors (Lipinski definition) is 1. The number of imidazole rings is 1. The first-order valence-electron chi connectivity index (χ1n) is 9.58. The average Bonchev–Trinajstić information content (AvgIpc) is 3.31. The van der Waals surface area contributed by atoms with Gasteiger partial charge in [-0.05, 0) is 67.1 Å². The van der Waals surface area contributed by atoms with Crippen molar-refractivity contribution in [3.05, 3.63) is 58.9 Å². The van der Waals surface area contributed by atoms with Crippen molar-refractivity contribution in [2.24, 2.45) is 0 Å². The van der Waals surface area contributed by atoms with E-state index in [1.807, 2.05) is 18.2 Å². The van der Waals surface area contributed by atoms with Gasteiger partial charge >= 0.3 is 0 Å². The maximum atomic E-state index is 13.3. The smallest absolute Gasteiger partial charge is 0.254 e. The number of benzene rings is 2. The van der Waals surface area contributed by atoms with Crippen LogP contribution < -0.4 is 4.74 Å². The zero-order valence-corrected chi connectivity index (χ0v) is 15.7. The number of H-pyrrole nitrogens is 1. The van der Waals surface area contributed by atoms with E-state index in [1.54, 1.807) is 13.4 Å². The summed E-state index contributed by atoms with van der Waals surface area (Å²) in [6, 6.07) is 10.2. The van der Waals surface area contributed by atoms with Gasteiger partial charge in [0, 0.05) is 24.1 Å². The van der Waals surface area contributed by atoms with E-state index in [0.717, 1.165) is 48.2 Å². The number of piperidine rings is 1. The predicted molar refractivity (Wildman–Crippen MR) is 104 cm³/mol. The maximum absolute atomic E-state index is 13.3. The van der Waals surface area contributed by atoms with Crippen molar-refractivity contribution in [1.82, 2.24) is 14.9 Å². The molecule has 138 valence electrons. The van der Waals surface area contributed by atoms with Crippen LogP contribution in [0.5, 0.6) is 5.75 Å². The first-order valence-corrected chi connectivity index (χ1v) is 9.58. The summed E-state index contributed by atoms with van der Waals surface area (Å²) in [7, 11) is 1.73. The molecule has 5 nitrogen and oxygen atoms in total. The quantitative estimate of drug-likeness (QED) is 0.755. The lowest BCUT2D eigenvalue weighted by Gasteiger charge is -2.38. The number of nitrogens with zero attached hydrogens (tertiary/aromatic N) is 2. The van der Waals surface area contributed by atoms with Gasteiger partial charge in [0.15, 0.2) is 0 Å². The van der Waals surface area contributed by atoms with Crippen molar-refractivity contribution in [2.75, 3.05) is 13.7 Å². The molecule has 1 aliphatic heterocycles. The van der Waals surface area contributed by atoms with Crippen molar-refractivity contribution in [3.63, 3.8) is 0 Å². The summed E-state index contributed by atoms with van der Waals surface area (Å²) < 4.78 is 5.54. The van der Waals surface area contributed by atoms with E-state index in [0.29, 0.717) is 5.92 Å². The van der Waals surface area contributed by atoms with Gasteiger partial charge in [-0.25, -0.2) is 4.98 Å². The molecule has 2 atom stereocenters. The molecule has 2 aromatic carbocycles. The second-order valence-electron chi connectivity index (χ2n) is 7.62. The van der Waals surface area contributed by atoms with E-state index in [2.05, 4.69) is 33.9 Å². The van der Waals surface area contributed by atoms with Crippen molar-refractivity contribution in [3.8, 4) is 5.75 Å². The largest absolute Gasteiger partial charge is 0.496 e. The highest BCUT2D eigenvalue weighted by molar-refractivity contribution is 5.97. The summed E-state index contributed by atoms with van der Waals surface area (Å²) in [6.45, 7) is 2.97. The van der Waals surface area contributed by atoms with Gasteiger partial charge in [0.1, 0.15) is 5.75 Å². The van der Waals surface area contributed by atoms with Crippen LogP contribution in [0.4, 0.5) is 0 Å². The Balaban J connectivity index is 1.49. The molecule has 0 saturated carbocycles. The van der Waals surface area contributed by atoms with Crippen LogP contribution in [0.15, 0.2) is 36.7 Å². The van der Waals surface area contributed by atoms with Gasteiger partial charge in [0.2, 0.25) is 0 Å². The number of nitrogens with one attached hydrogen (secondary N) is 1. The molecular weight excluding hydrogens is 338 g/mol. The minimum atomic E-state index is 0.124. The Morgan fingerprint density at radius 2 is 2.19 bits per heavy atom. The fourth-order valence-corrected chi connectivity index (χ4v) is 5.04. The maximum Gasteiger partial charge on any atom is 0.254 e. The van der Waals surface area contributed by atoms with Crippen LogP contribution in [0.25, 0.3) is 11.0 Å². The number of carbonyl (C=O) groups excluding carboxylic acids is 1. The lowest BCUT2D eigenvalue weighted by molar-refractivity contribution is 0.0595. The van der Waals surface area contributed by atoms with Crippen LogP contribution >= 0.6 is 0 Å². The molecule has 2 heterocycles. The number of fused-ring (bicyclic) bond motifs is 4. The highest BCUT2D eigenvalue weighted by Crippen LogP contribution is 2.46. The summed E-state index contributed by atoms with van der Waals surface area (Å²) in [6.07, 6.45) is 4.77. The van der Waals surface area contributed by atoms with Crippen molar-refractivity contribution >= 4 is 16.9 Å². The van der Waals surface area contributed by atoms with Crippen LogP contribution in [0.1, 0.15) is 45.8 Å². The molecule has 0 radical (unpaired) electrons. The molecule has 5 rings (SSSR count). The van der Waals surface area contributed by atoms with Crippen molar-refractivity contribution < 1.29 is 9.53 Å². The van der Waals surface area contributed by atoms with Gasteiger partial charge < -0.3 is 14.6 Å². The zero-order valence-electron chi connectivity index (χ0n) is 15.7. The molecule has 0 bridgehead atoms. The first-order chi connectivity index (χ1) is 13.2. The molecule has 1 amide bonds. The van der Waals surface area contributed by atoms with E-state index >= 15 is 0 Å². The van der Waals surface area contributed by atoms with E-state index in [1.165, 1.54) is 16.7 Å². The first kappa shape index (κ1) is 16.4. The summed E-state index contributed by atoms with van der Waals surface area (Å²) in [5.74, 6) is 1.48. The second-order valence-corrected chi connectivity index (χ2v) is 7.62. The monoisotopic (exact) mass is 361 g/mol. The molecule has 27 heavy (non-hydrogen) atoms. The Morgan fingerprint density at radius 1 is 1.30 bits per heavy atom. The average molecular weight is 361 g/mol. The van der Waals surface area contributed by atoms with Crippen LogP contribution in [-0.2, 0) is 6.42 Å². The number of hydrogen-bond acceptors (Lipinski definition) is 3. The normalized spacial score (nSPS) is 21.2. The lowest BCUT2D eigenvalue weighted by Crippen LogP contribution is -2.46. The Hall–Kier alpha value is -2.82. The number of ether oxygens (including phenoxy) is 1. The van der Waals surface area contributed by atoms with E-state index in [4.69, 9.17) is 4.74 Å². The topological polar surface area (TPSA) is 58.2 Å². The van der Waals surface area contributed by atoms with E-state index < -0.39 is 0 Å². The van der Waals surface area contributed by atoms with Gasteiger partial charge in [-0.2, -0.15) is 0 Å². The van der Waals surface area contributed by atoms with Gasteiger partial charge in [-0.3, -0.25) is 4.79 Å². The third kappa shape index (κ3) is 2.45. The molecule has 1 saturated heterocycles. The number of carbonyl (C=O) groups is 1. The molecule has 0 spiro atoms. The fraction of sp³-hybridized carbons (Fsp3) is 0.364. The fourth-order valence-electron chi connectivity index (χ4n) is 5.04. The zero-order chi connectivity index (χ0) is 18.5. The summed E-state index contributed by atoms with van der Waals surface area (Å²) >= 11 is 0.